The van der Waals surface area contributed by atoms with E-state index in [4.69, 9.17) is 21.1 Å². The molecule has 0 atom stereocenters. The van der Waals surface area contributed by atoms with E-state index in [1.807, 2.05) is 31.2 Å². The molecule has 4 nitrogen and oxygen atoms in total. The molecule has 0 saturated carbocycles. The molecule has 0 aliphatic carbocycles. The van der Waals surface area contributed by atoms with Crippen molar-refractivity contribution in [3.8, 4) is 11.5 Å². The Morgan fingerprint density at radius 2 is 1.91 bits per heavy atom. The minimum absolute atomic E-state index is 0.158. The van der Waals surface area contributed by atoms with Gasteiger partial charge in [0, 0.05) is 29.2 Å². The highest BCUT2D eigenvalue weighted by Gasteiger charge is 2.33. The van der Waals surface area contributed by atoms with Crippen LogP contribution in [0.15, 0.2) is 60.4 Å². The van der Waals surface area contributed by atoms with Crippen LogP contribution in [-0.4, -0.2) is 24.0 Å². The van der Waals surface area contributed by atoms with Crippen molar-refractivity contribution >= 4 is 23.5 Å². The molecule has 3 aromatic rings. The van der Waals surface area contributed by atoms with E-state index in [0.29, 0.717) is 29.6 Å². The zero-order chi connectivity index (χ0) is 22.2. The molecule has 6 heteroatoms. The molecule has 0 bridgehead atoms. The number of rotatable bonds is 4. The van der Waals surface area contributed by atoms with Crippen molar-refractivity contribution in [2.75, 3.05) is 13.3 Å². The smallest absolute Gasteiger partial charge is 0.231 e. The van der Waals surface area contributed by atoms with Crippen molar-refractivity contribution < 1.29 is 18.7 Å². The number of fused-ring (bicyclic) bond motifs is 2. The second kappa shape index (κ2) is 8.41. The van der Waals surface area contributed by atoms with Gasteiger partial charge in [0.1, 0.15) is 24.0 Å². The predicted octanol–water partition coefficient (Wildman–Crippen LogP) is 5.80. The molecule has 0 aromatic heterocycles. The van der Waals surface area contributed by atoms with Crippen LogP contribution in [0.3, 0.4) is 0 Å². The van der Waals surface area contributed by atoms with E-state index >= 15 is 0 Å². The van der Waals surface area contributed by atoms with E-state index in [0.717, 1.165) is 41.0 Å². The minimum atomic E-state index is -0.233. The Hall–Kier alpha value is -3.15. The first-order chi connectivity index (χ1) is 15.5. The SMILES string of the molecule is Cc1c2c(cc3c1O/C(=C\c1ccccc1Cl)C3=O)CN(CCc1ccc(F)cc1)CO2. The lowest BCUT2D eigenvalue weighted by atomic mass is 10.00. The van der Waals surface area contributed by atoms with Crippen LogP contribution in [0.2, 0.25) is 5.02 Å². The Morgan fingerprint density at radius 1 is 1.12 bits per heavy atom. The van der Waals surface area contributed by atoms with Gasteiger partial charge in [-0.15, -0.1) is 0 Å². The zero-order valence-corrected chi connectivity index (χ0v) is 18.3. The first-order valence-corrected chi connectivity index (χ1v) is 10.8. The molecule has 0 spiro atoms. The first kappa shape index (κ1) is 20.7. The van der Waals surface area contributed by atoms with Crippen LogP contribution < -0.4 is 9.47 Å². The van der Waals surface area contributed by atoms with E-state index in [9.17, 15) is 9.18 Å². The number of carbonyl (C=O) groups is 1. The number of ketones is 1. The third-order valence-corrected chi connectivity index (χ3v) is 6.17. The van der Waals surface area contributed by atoms with Crippen LogP contribution in [0.1, 0.15) is 32.6 Å². The monoisotopic (exact) mass is 449 g/mol. The van der Waals surface area contributed by atoms with Gasteiger partial charge in [0.15, 0.2) is 5.76 Å². The number of hydrogen-bond acceptors (Lipinski definition) is 4. The maximum absolute atomic E-state index is 13.1. The van der Waals surface area contributed by atoms with Crippen molar-refractivity contribution in [3.63, 3.8) is 0 Å². The van der Waals surface area contributed by atoms with Gasteiger partial charge in [0.2, 0.25) is 5.78 Å². The summed E-state index contributed by atoms with van der Waals surface area (Å²) in [7, 11) is 0. The average Bonchev–Trinajstić information content (AvgIpc) is 3.10. The van der Waals surface area contributed by atoms with Gasteiger partial charge < -0.3 is 9.47 Å². The molecule has 3 aromatic carbocycles. The van der Waals surface area contributed by atoms with Gasteiger partial charge in [0.05, 0.1) is 5.56 Å². The number of hydrogen-bond donors (Lipinski definition) is 0. The molecule has 2 aliphatic heterocycles. The number of carbonyl (C=O) groups excluding carboxylic acids is 1. The van der Waals surface area contributed by atoms with Crippen molar-refractivity contribution in [1.82, 2.24) is 4.90 Å². The molecule has 162 valence electrons. The van der Waals surface area contributed by atoms with Crippen LogP contribution in [0.5, 0.6) is 11.5 Å². The Labute approximate surface area is 190 Å². The summed E-state index contributed by atoms with van der Waals surface area (Å²) in [6, 6.07) is 15.7. The Morgan fingerprint density at radius 3 is 2.69 bits per heavy atom. The van der Waals surface area contributed by atoms with Gasteiger partial charge in [-0.05, 0) is 54.8 Å². The van der Waals surface area contributed by atoms with Crippen molar-refractivity contribution in [2.45, 2.75) is 19.9 Å². The number of Topliss-reactive ketones (excluding diaryl/α,β-unsaturated/α-hetero) is 1. The number of nitrogens with zero attached hydrogens (tertiary/aromatic N) is 1. The molecule has 0 unspecified atom stereocenters. The van der Waals surface area contributed by atoms with E-state index < -0.39 is 0 Å². The summed E-state index contributed by atoms with van der Waals surface area (Å²) in [5.41, 5.74) is 4.13. The van der Waals surface area contributed by atoms with E-state index in [1.54, 1.807) is 24.3 Å². The Balaban J connectivity index is 1.36. The van der Waals surface area contributed by atoms with Gasteiger partial charge in [-0.25, -0.2) is 4.39 Å². The third-order valence-electron chi connectivity index (χ3n) is 5.82. The topological polar surface area (TPSA) is 38.8 Å². The van der Waals surface area contributed by atoms with E-state index in [2.05, 4.69) is 4.90 Å². The molecule has 2 heterocycles. The zero-order valence-electron chi connectivity index (χ0n) is 17.5. The van der Waals surface area contributed by atoms with Gasteiger partial charge in [0.25, 0.3) is 0 Å². The lowest BCUT2D eigenvalue weighted by Gasteiger charge is -2.30. The molecule has 32 heavy (non-hydrogen) atoms. The largest absolute Gasteiger partial charge is 0.477 e. The predicted molar refractivity (Wildman–Crippen MR) is 122 cm³/mol. The summed E-state index contributed by atoms with van der Waals surface area (Å²) in [6.07, 6.45) is 2.47. The standard InChI is InChI=1S/C26H21ClFNO3/c1-16-25-19(14-29(15-31-25)11-10-17-6-8-20(28)9-7-17)12-21-24(30)23(32-26(16)21)13-18-4-2-3-5-22(18)27/h2-9,12-13H,10-11,14-15H2,1H3/b23-13-. The lowest BCUT2D eigenvalue weighted by Crippen LogP contribution is -2.34. The van der Waals surface area contributed by atoms with Crippen LogP contribution in [0.25, 0.3) is 6.08 Å². The summed E-state index contributed by atoms with van der Waals surface area (Å²) >= 11 is 6.24. The second-order valence-electron chi connectivity index (χ2n) is 8.03. The van der Waals surface area contributed by atoms with E-state index in [1.165, 1.54) is 12.1 Å². The second-order valence-corrected chi connectivity index (χ2v) is 8.44. The summed E-state index contributed by atoms with van der Waals surface area (Å²) in [6.45, 7) is 3.80. The fourth-order valence-corrected chi connectivity index (χ4v) is 4.30. The normalized spacial score (nSPS) is 16.5. The lowest BCUT2D eigenvalue weighted by molar-refractivity contribution is 0.0954. The Bertz CT molecular complexity index is 1240. The van der Waals surface area contributed by atoms with Gasteiger partial charge in [-0.1, -0.05) is 41.9 Å². The van der Waals surface area contributed by atoms with Crippen molar-refractivity contribution in [3.05, 3.63) is 99.0 Å². The molecule has 2 aliphatic rings. The van der Waals surface area contributed by atoms with Gasteiger partial charge >= 0.3 is 0 Å². The van der Waals surface area contributed by atoms with Crippen molar-refractivity contribution in [2.24, 2.45) is 0 Å². The molecule has 5 rings (SSSR count). The summed E-state index contributed by atoms with van der Waals surface area (Å²) in [5, 5.41) is 0.559. The quantitative estimate of drug-likeness (QED) is 0.472. The van der Waals surface area contributed by atoms with Crippen LogP contribution in [-0.2, 0) is 13.0 Å². The molecule has 0 N–H and O–H groups in total. The minimum Gasteiger partial charge on any atom is -0.477 e. The molecule has 0 saturated heterocycles. The highest BCUT2D eigenvalue weighted by molar-refractivity contribution is 6.32. The molecular weight excluding hydrogens is 429 g/mol. The summed E-state index contributed by atoms with van der Waals surface area (Å²) in [4.78, 5) is 15.2. The van der Waals surface area contributed by atoms with Gasteiger partial charge in [-0.3, -0.25) is 9.69 Å². The highest BCUT2D eigenvalue weighted by Crippen LogP contribution is 2.43. The fourth-order valence-electron chi connectivity index (χ4n) is 4.11. The van der Waals surface area contributed by atoms with Crippen LogP contribution >= 0.6 is 11.6 Å². The number of allylic oxidation sites excluding steroid dienone is 1. The van der Waals surface area contributed by atoms with Crippen molar-refractivity contribution in [1.29, 1.82) is 0 Å². The molecular formula is C26H21ClFNO3. The molecule has 0 amide bonds. The first-order valence-electron chi connectivity index (χ1n) is 10.4. The number of halogens is 2. The molecule has 0 fully saturated rings. The fraction of sp³-hybridized carbons (Fsp3) is 0.192. The highest BCUT2D eigenvalue weighted by atomic mass is 35.5. The van der Waals surface area contributed by atoms with Crippen LogP contribution in [0, 0.1) is 12.7 Å². The van der Waals surface area contributed by atoms with Gasteiger partial charge in [-0.2, -0.15) is 0 Å². The number of ether oxygens (including phenoxy) is 2. The maximum atomic E-state index is 13.1. The summed E-state index contributed by atoms with van der Waals surface area (Å²) < 4.78 is 25.1. The molecule has 0 radical (unpaired) electrons. The number of benzene rings is 3. The van der Waals surface area contributed by atoms with E-state index in [-0.39, 0.29) is 17.4 Å². The maximum Gasteiger partial charge on any atom is 0.231 e. The van der Waals surface area contributed by atoms with Crippen LogP contribution in [0.4, 0.5) is 4.39 Å². The average molecular weight is 450 g/mol. The third kappa shape index (κ3) is 3.90. The Kier molecular flexibility index (Phi) is 5.45. The summed E-state index contributed by atoms with van der Waals surface area (Å²) in [5.74, 6) is 1.18.